The standard InChI is InChI=1S/C19H20N4O2/c24-19(21-15-6-9-20-10-7-15)18-16-12-23(13-17(16)25-22-18)11-8-14-4-2-1-3-5-14/h1-7,9-10,16-17H,8,11-13H2,(H,20,21,24)/t16-,17+/m0/s1. The molecule has 6 heteroatoms. The first kappa shape index (κ1) is 15.8. The zero-order valence-corrected chi connectivity index (χ0v) is 13.8. The van der Waals surface area contributed by atoms with E-state index in [0.717, 1.165) is 26.1 Å². The number of rotatable bonds is 5. The van der Waals surface area contributed by atoms with E-state index >= 15 is 0 Å². The summed E-state index contributed by atoms with van der Waals surface area (Å²) in [5, 5.41) is 6.89. The summed E-state index contributed by atoms with van der Waals surface area (Å²) in [5.74, 6) is -0.152. The van der Waals surface area contributed by atoms with Gasteiger partial charge in [-0.25, -0.2) is 0 Å². The van der Waals surface area contributed by atoms with Gasteiger partial charge in [-0.3, -0.25) is 14.7 Å². The number of likely N-dealkylation sites (tertiary alicyclic amines) is 1. The third kappa shape index (κ3) is 3.53. The van der Waals surface area contributed by atoms with Crippen LogP contribution in [0.4, 0.5) is 5.69 Å². The Kier molecular flexibility index (Phi) is 4.43. The molecule has 1 aromatic heterocycles. The van der Waals surface area contributed by atoms with Gasteiger partial charge >= 0.3 is 0 Å². The van der Waals surface area contributed by atoms with Crippen molar-refractivity contribution in [1.29, 1.82) is 0 Å². The van der Waals surface area contributed by atoms with Crippen molar-refractivity contribution in [2.24, 2.45) is 11.1 Å². The SMILES string of the molecule is O=C(Nc1ccncc1)C1=NO[C@@H]2CN(CCc3ccccc3)C[C@H]12. The number of carbonyl (C=O) groups excluding carboxylic acids is 1. The highest BCUT2D eigenvalue weighted by Crippen LogP contribution is 2.27. The lowest BCUT2D eigenvalue weighted by Crippen LogP contribution is -2.32. The largest absolute Gasteiger partial charge is 0.390 e. The average molecular weight is 336 g/mol. The fourth-order valence-electron chi connectivity index (χ4n) is 3.37. The molecule has 4 rings (SSSR count). The molecule has 0 saturated carbocycles. The molecular weight excluding hydrogens is 316 g/mol. The summed E-state index contributed by atoms with van der Waals surface area (Å²) in [4.78, 5) is 24.3. The summed E-state index contributed by atoms with van der Waals surface area (Å²) in [6, 6.07) is 13.9. The van der Waals surface area contributed by atoms with E-state index in [1.807, 2.05) is 6.07 Å². The number of anilines is 1. The number of amides is 1. The zero-order valence-electron chi connectivity index (χ0n) is 13.8. The highest BCUT2D eigenvalue weighted by Gasteiger charge is 2.44. The van der Waals surface area contributed by atoms with Crippen LogP contribution in [0.2, 0.25) is 0 Å². The highest BCUT2D eigenvalue weighted by atomic mass is 16.6. The highest BCUT2D eigenvalue weighted by molar-refractivity contribution is 6.44. The van der Waals surface area contributed by atoms with Crippen LogP contribution in [0.3, 0.4) is 0 Å². The number of nitrogens with zero attached hydrogens (tertiary/aromatic N) is 3. The van der Waals surface area contributed by atoms with Gasteiger partial charge in [0.1, 0.15) is 6.10 Å². The van der Waals surface area contributed by atoms with E-state index in [-0.39, 0.29) is 17.9 Å². The number of benzene rings is 1. The van der Waals surface area contributed by atoms with Gasteiger partial charge in [0, 0.05) is 37.7 Å². The Labute approximate surface area is 146 Å². The molecule has 2 aliphatic rings. The molecule has 0 bridgehead atoms. The van der Waals surface area contributed by atoms with Crippen molar-refractivity contribution in [1.82, 2.24) is 9.88 Å². The van der Waals surface area contributed by atoms with Crippen molar-refractivity contribution in [2.75, 3.05) is 25.0 Å². The van der Waals surface area contributed by atoms with Crippen molar-refractivity contribution in [2.45, 2.75) is 12.5 Å². The number of nitrogens with one attached hydrogen (secondary N) is 1. The number of hydrogen-bond acceptors (Lipinski definition) is 5. The normalized spacial score (nSPS) is 22.2. The van der Waals surface area contributed by atoms with Crippen molar-refractivity contribution in [3.8, 4) is 0 Å². The van der Waals surface area contributed by atoms with Crippen LogP contribution in [0.5, 0.6) is 0 Å². The maximum absolute atomic E-state index is 12.5. The Hall–Kier alpha value is -2.73. The van der Waals surface area contributed by atoms with Crippen LogP contribution < -0.4 is 5.32 Å². The molecule has 0 radical (unpaired) electrons. The van der Waals surface area contributed by atoms with Crippen LogP contribution in [0.25, 0.3) is 0 Å². The molecule has 0 spiro atoms. The smallest absolute Gasteiger partial charge is 0.273 e. The van der Waals surface area contributed by atoms with Crippen LogP contribution >= 0.6 is 0 Å². The summed E-state index contributed by atoms with van der Waals surface area (Å²) in [7, 11) is 0. The van der Waals surface area contributed by atoms with Crippen LogP contribution in [0.1, 0.15) is 5.56 Å². The van der Waals surface area contributed by atoms with E-state index in [0.29, 0.717) is 11.4 Å². The molecule has 6 nitrogen and oxygen atoms in total. The van der Waals surface area contributed by atoms with Crippen molar-refractivity contribution >= 4 is 17.3 Å². The average Bonchev–Trinajstić information content (AvgIpc) is 3.22. The van der Waals surface area contributed by atoms with Gasteiger partial charge in [0.05, 0.1) is 5.92 Å². The van der Waals surface area contributed by atoms with Gasteiger partial charge in [-0.15, -0.1) is 0 Å². The van der Waals surface area contributed by atoms with Gasteiger partial charge < -0.3 is 10.2 Å². The van der Waals surface area contributed by atoms with Gasteiger partial charge in [0.2, 0.25) is 0 Å². The summed E-state index contributed by atoms with van der Waals surface area (Å²) < 4.78 is 0. The minimum atomic E-state index is -0.191. The second-order valence-corrected chi connectivity index (χ2v) is 6.41. The van der Waals surface area contributed by atoms with E-state index in [9.17, 15) is 4.79 Å². The first-order valence-corrected chi connectivity index (χ1v) is 8.51. The maximum Gasteiger partial charge on any atom is 0.273 e. The molecule has 1 saturated heterocycles. The quantitative estimate of drug-likeness (QED) is 0.906. The maximum atomic E-state index is 12.5. The van der Waals surface area contributed by atoms with E-state index in [1.54, 1.807) is 24.5 Å². The van der Waals surface area contributed by atoms with Crippen LogP contribution in [-0.4, -0.2) is 47.2 Å². The lowest BCUT2D eigenvalue weighted by Gasteiger charge is -2.16. The molecule has 2 aromatic rings. The Bertz CT molecular complexity index is 764. The third-order valence-electron chi connectivity index (χ3n) is 4.71. The Morgan fingerprint density at radius 3 is 2.76 bits per heavy atom. The van der Waals surface area contributed by atoms with E-state index in [2.05, 4.69) is 44.6 Å². The molecule has 128 valence electrons. The second kappa shape index (κ2) is 7.03. The predicted octanol–water partition coefficient (Wildman–Crippen LogP) is 1.95. The van der Waals surface area contributed by atoms with E-state index in [4.69, 9.17) is 4.84 Å². The van der Waals surface area contributed by atoms with Gasteiger partial charge in [-0.05, 0) is 24.1 Å². The van der Waals surface area contributed by atoms with Crippen LogP contribution in [-0.2, 0) is 16.1 Å². The molecule has 3 heterocycles. The second-order valence-electron chi connectivity index (χ2n) is 6.41. The van der Waals surface area contributed by atoms with E-state index < -0.39 is 0 Å². The topological polar surface area (TPSA) is 66.8 Å². The zero-order chi connectivity index (χ0) is 17.1. The molecular formula is C19H20N4O2. The number of oxime groups is 1. The monoisotopic (exact) mass is 336 g/mol. The third-order valence-corrected chi connectivity index (χ3v) is 4.71. The van der Waals surface area contributed by atoms with Crippen molar-refractivity contribution in [3.05, 3.63) is 60.4 Å². The molecule has 1 amide bonds. The van der Waals surface area contributed by atoms with E-state index in [1.165, 1.54) is 5.56 Å². The summed E-state index contributed by atoms with van der Waals surface area (Å²) >= 11 is 0. The Morgan fingerprint density at radius 1 is 1.16 bits per heavy atom. The number of hydrogen-bond donors (Lipinski definition) is 1. The van der Waals surface area contributed by atoms with Crippen molar-refractivity contribution in [3.63, 3.8) is 0 Å². The lowest BCUT2D eigenvalue weighted by molar-refractivity contribution is -0.110. The molecule has 25 heavy (non-hydrogen) atoms. The molecule has 2 aliphatic heterocycles. The number of carbonyl (C=O) groups is 1. The minimum absolute atomic E-state index is 0.0195. The first-order chi connectivity index (χ1) is 12.3. The minimum Gasteiger partial charge on any atom is -0.390 e. The lowest BCUT2D eigenvalue weighted by atomic mass is 10.0. The molecule has 0 aliphatic carbocycles. The van der Waals surface area contributed by atoms with Crippen LogP contribution in [0, 0.1) is 5.92 Å². The Morgan fingerprint density at radius 2 is 1.96 bits per heavy atom. The van der Waals surface area contributed by atoms with Gasteiger partial charge in [-0.2, -0.15) is 0 Å². The van der Waals surface area contributed by atoms with Gasteiger partial charge in [0.15, 0.2) is 5.71 Å². The van der Waals surface area contributed by atoms with Crippen molar-refractivity contribution < 1.29 is 9.63 Å². The predicted molar refractivity (Wildman–Crippen MR) is 95.3 cm³/mol. The summed E-state index contributed by atoms with van der Waals surface area (Å²) in [6.07, 6.45) is 4.27. The molecule has 1 N–H and O–H groups in total. The fraction of sp³-hybridized carbons (Fsp3) is 0.316. The number of fused-ring (bicyclic) bond motifs is 1. The molecule has 2 atom stereocenters. The number of aromatic nitrogens is 1. The molecule has 0 unspecified atom stereocenters. The summed E-state index contributed by atoms with van der Waals surface area (Å²) in [5.41, 5.74) is 2.53. The number of pyridine rings is 1. The van der Waals surface area contributed by atoms with Gasteiger partial charge in [-0.1, -0.05) is 35.5 Å². The molecule has 1 aromatic carbocycles. The Balaban J connectivity index is 1.34. The van der Waals surface area contributed by atoms with Crippen LogP contribution in [0.15, 0.2) is 60.0 Å². The fourth-order valence-corrected chi connectivity index (χ4v) is 3.37. The summed E-state index contributed by atoms with van der Waals surface area (Å²) in [6.45, 7) is 2.58. The van der Waals surface area contributed by atoms with Gasteiger partial charge in [0.25, 0.3) is 5.91 Å². The molecule has 1 fully saturated rings. The first-order valence-electron chi connectivity index (χ1n) is 8.51.